The highest BCUT2D eigenvalue weighted by Crippen LogP contribution is 2.31. The number of carbonyl (C=O) groups is 1. The van der Waals surface area contributed by atoms with E-state index >= 15 is 0 Å². The second kappa shape index (κ2) is 5.45. The molecule has 0 bridgehead atoms. The quantitative estimate of drug-likeness (QED) is 0.820. The Bertz CT molecular complexity index is 413. The third kappa shape index (κ3) is 3.40. The monoisotopic (exact) mass is 254 g/mol. The van der Waals surface area contributed by atoms with E-state index in [0.717, 1.165) is 16.2 Å². The molecule has 0 aliphatic carbocycles. The fraction of sp³-hybridized carbons (Fsp3) is 0.462. The first-order valence-corrected chi connectivity index (χ1v) is 6.57. The molecule has 1 N–H and O–H groups in total. The smallest absolute Gasteiger partial charge is 0.309 e. The summed E-state index contributed by atoms with van der Waals surface area (Å²) in [5.41, 5.74) is 0.149. The molecule has 94 valence electrons. The van der Waals surface area contributed by atoms with Crippen LogP contribution in [0.25, 0.3) is 0 Å². The molecule has 1 aromatic rings. The molecule has 0 aliphatic heterocycles. The summed E-state index contributed by atoms with van der Waals surface area (Å²) in [6, 6.07) is 5.86. The van der Waals surface area contributed by atoms with Crippen LogP contribution < -0.4 is 4.74 Å². The van der Waals surface area contributed by atoms with E-state index in [1.165, 1.54) is 0 Å². The van der Waals surface area contributed by atoms with Crippen molar-refractivity contribution >= 4 is 17.7 Å². The van der Waals surface area contributed by atoms with E-state index in [1.54, 1.807) is 32.7 Å². The van der Waals surface area contributed by atoms with Crippen LogP contribution in [0.3, 0.4) is 0 Å². The van der Waals surface area contributed by atoms with Crippen molar-refractivity contribution < 1.29 is 14.6 Å². The summed E-state index contributed by atoms with van der Waals surface area (Å²) in [4.78, 5) is 12.2. The molecule has 0 atom stereocenters. The van der Waals surface area contributed by atoms with Gasteiger partial charge < -0.3 is 9.84 Å². The molecule has 0 heterocycles. The number of benzene rings is 1. The van der Waals surface area contributed by atoms with Gasteiger partial charge in [0.25, 0.3) is 0 Å². The first kappa shape index (κ1) is 13.9. The van der Waals surface area contributed by atoms with Gasteiger partial charge in [-0.15, -0.1) is 11.8 Å². The lowest BCUT2D eigenvalue weighted by Crippen LogP contribution is -2.26. The molecule has 0 fully saturated rings. The van der Waals surface area contributed by atoms with E-state index in [0.29, 0.717) is 6.42 Å². The van der Waals surface area contributed by atoms with E-state index in [2.05, 4.69) is 0 Å². The van der Waals surface area contributed by atoms with Gasteiger partial charge in [0, 0.05) is 4.90 Å². The molecule has 0 radical (unpaired) electrons. The average molecular weight is 254 g/mol. The molecular formula is C13H18O3S. The Morgan fingerprint density at radius 2 is 2.12 bits per heavy atom. The number of ether oxygens (including phenoxy) is 1. The SMILES string of the molecule is COc1ccc(SC)cc1CC(C)(C)C(=O)O. The number of carboxylic acids is 1. The van der Waals surface area contributed by atoms with Crippen molar-refractivity contribution in [2.45, 2.75) is 25.2 Å². The van der Waals surface area contributed by atoms with Gasteiger partial charge in [-0.3, -0.25) is 4.79 Å². The Morgan fingerprint density at radius 3 is 2.59 bits per heavy atom. The lowest BCUT2D eigenvalue weighted by atomic mass is 9.85. The Hall–Kier alpha value is -1.16. The van der Waals surface area contributed by atoms with Crippen LogP contribution in [0.5, 0.6) is 5.75 Å². The maximum atomic E-state index is 11.1. The molecule has 0 unspecified atom stereocenters. The van der Waals surface area contributed by atoms with Crippen LogP contribution in [0.2, 0.25) is 0 Å². The normalized spacial score (nSPS) is 11.3. The van der Waals surface area contributed by atoms with Crippen LogP contribution >= 0.6 is 11.8 Å². The van der Waals surface area contributed by atoms with Gasteiger partial charge in [0.05, 0.1) is 12.5 Å². The minimum Gasteiger partial charge on any atom is -0.496 e. The largest absolute Gasteiger partial charge is 0.496 e. The highest BCUT2D eigenvalue weighted by Gasteiger charge is 2.28. The number of aliphatic carboxylic acids is 1. The zero-order valence-corrected chi connectivity index (χ0v) is 11.4. The number of hydrogen-bond donors (Lipinski definition) is 1. The Balaban J connectivity index is 3.07. The summed E-state index contributed by atoms with van der Waals surface area (Å²) < 4.78 is 5.27. The summed E-state index contributed by atoms with van der Waals surface area (Å²) in [6.45, 7) is 3.45. The maximum Gasteiger partial charge on any atom is 0.309 e. The van der Waals surface area contributed by atoms with Crippen molar-refractivity contribution in [3.63, 3.8) is 0 Å². The van der Waals surface area contributed by atoms with Crippen molar-refractivity contribution in [1.82, 2.24) is 0 Å². The standard InChI is InChI=1S/C13H18O3S/c1-13(2,12(14)15)8-9-7-10(17-4)5-6-11(9)16-3/h5-7H,8H2,1-4H3,(H,14,15). The van der Waals surface area contributed by atoms with Crippen molar-refractivity contribution in [2.75, 3.05) is 13.4 Å². The summed E-state index contributed by atoms with van der Waals surface area (Å²) in [7, 11) is 1.60. The fourth-order valence-electron chi connectivity index (χ4n) is 1.57. The number of rotatable bonds is 5. The number of carboxylic acid groups (broad SMARTS) is 1. The van der Waals surface area contributed by atoms with Crippen LogP contribution in [-0.4, -0.2) is 24.4 Å². The molecule has 0 aromatic heterocycles. The minimum atomic E-state index is -0.797. The third-order valence-electron chi connectivity index (χ3n) is 2.70. The Labute approximate surface area is 106 Å². The first-order chi connectivity index (χ1) is 7.90. The second-order valence-corrected chi connectivity index (χ2v) is 5.42. The number of methoxy groups -OCH3 is 1. The summed E-state index contributed by atoms with van der Waals surface area (Å²) in [6.07, 6.45) is 2.45. The number of thioether (sulfide) groups is 1. The lowest BCUT2D eigenvalue weighted by molar-refractivity contribution is -0.146. The predicted octanol–water partition coefficient (Wildman–Crippen LogP) is 3.07. The van der Waals surface area contributed by atoms with E-state index < -0.39 is 11.4 Å². The van der Waals surface area contributed by atoms with Gasteiger partial charge in [-0.05, 0) is 50.3 Å². The van der Waals surface area contributed by atoms with Crippen molar-refractivity contribution in [2.24, 2.45) is 5.41 Å². The maximum absolute atomic E-state index is 11.1. The molecule has 1 aromatic carbocycles. The topological polar surface area (TPSA) is 46.5 Å². The molecule has 0 spiro atoms. The molecule has 3 nitrogen and oxygen atoms in total. The highest BCUT2D eigenvalue weighted by molar-refractivity contribution is 7.98. The average Bonchev–Trinajstić information content (AvgIpc) is 2.28. The molecule has 4 heteroatoms. The van der Waals surface area contributed by atoms with E-state index in [1.807, 2.05) is 24.5 Å². The van der Waals surface area contributed by atoms with Crippen LogP contribution in [0.1, 0.15) is 19.4 Å². The molecule has 0 saturated heterocycles. The van der Waals surface area contributed by atoms with Gasteiger partial charge >= 0.3 is 5.97 Å². The Kier molecular flexibility index (Phi) is 4.46. The highest BCUT2D eigenvalue weighted by atomic mass is 32.2. The minimum absolute atomic E-state index is 0.458. The van der Waals surface area contributed by atoms with Crippen molar-refractivity contribution in [3.05, 3.63) is 23.8 Å². The zero-order valence-electron chi connectivity index (χ0n) is 10.6. The van der Waals surface area contributed by atoms with Crippen LogP contribution in [0.15, 0.2) is 23.1 Å². The van der Waals surface area contributed by atoms with Gasteiger partial charge in [0.15, 0.2) is 0 Å². The van der Waals surface area contributed by atoms with Gasteiger partial charge in [0.1, 0.15) is 5.75 Å². The van der Waals surface area contributed by atoms with E-state index in [-0.39, 0.29) is 0 Å². The van der Waals surface area contributed by atoms with Gasteiger partial charge in [-0.1, -0.05) is 0 Å². The van der Waals surface area contributed by atoms with Crippen LogP contribution in [-0.2, 0) is 11.2 Å². The van der Waals surface area contributed by atoms with Crippen molar-refractivity contribution in [3.8, 4) is 5.75 Å². The summed E-state index contributed by atoms with van der Waals surface area (Å²) in [5.74, 6) is -0.0498. The second-order valence-electron chi connectivity index (χ2n) is 4.54. The van der Waals surface area contributed by atoms with E-state index in [9.17, 15) is 4.79 Å². The number of hydrogen-bond acceptors (Lipinski definition) is 3. The van der Waals surface area contributed by atoms with Gasteiger partial charge in [-0.2, -0.15) is 0 Å². The van der Waals surface area contributed by atoms with Crippen LogP contribution in [0, 0.1) is 5.41 Å². The molecular weight excluding hydrogens is 236 g/mol. The Morgan fingerprint density at radius 1 is 1.47 bits per heavy atom. The van der Waals surface area contributed by atoms with Gasteiger partial charge in [0.2, 0.25) is 0 Å². The van der Waals surface area contributed by atoms with Crippen molar-refractivity contribution in [1.29, 1.82) is 0 Å². The lowest BCUT2D eigenvalue weighted by Gasteiger charge is -2.20. The summed E-state index contributed by atoms with van der Waals surface area (Å²) >= 11 is 1.63. The molecule has 17 heavy (non-hydrogen) atoms. The molecule has 0 saturated carbocycles. The zero-order chi connectivity index (χ0) is 13.1. The summed E-state index contributed by atoms with van der Waals surface area (Å²) in [5, 5.41) is 9.15. The fourth-order valence-corrected chi connectivity index (χ4v) is 2.04. The van der Waals surface area contributed by atoms with Crippen LogP contribution in [0.4, 0.5) is 0 Å². The third-order valence-corrected chi connectivity index (χ3v) is 3.42. The first-order valence-electron chi connectivity index (χ1n) is 5.35. The molecule has 1 rings (SSSR count). The molecule has 0 aliphatic rings. The molecule has 0 amide bonds. The predicted molar refractivity (Wildman–Crippen MR) is 69.9 cm³/mol. The van der Waals surface area contributed by atoms with Gasteiger partial charge in [-0.25, -0.2) is 0 Å². The van der Waals surface area contributed by atoms with E-state index in [4.69, 9.17) is 9.84 Å².